The number of carbonyl (C=O) groups excluding carboxylic acids is 1. The van der Waals surface area contributed by atoms with Crippen LogP contribution in [0.2, 0.25) is 5.02 Å². The van der Waals surface area contributed by atoms with E-state index in [4.69, 9.17) is 22.1 Å². The molecule has 5 heteroatoms. The number of nitrogens with zero attached hydrogens (tertiary/aromatic N) is 1. The van der Waals surface area contributed by atoms with Crippen molar-refractivity contribution >= 4 is 23.4 Å². The highest BCUT2D eigenvalue weighted by Gasteiger charge is 2.32. The molecule has 0 aliphatic heterocycles. The van der Waals surface area contributed by atoms with Gasteiger partial charge in [-0.2, -0.15) is 0 Å². The third kappa shape index (κ3) is 3.93. The number of hydrogen-bond acceptors (Lipinski definition) is 3. The normalized spacial score (nSPS) is 22.0. The van der Waals surface area contributed by atoms with E-state index < -0.39 is 0 Å². The number of benzene rings is 1. The number of amides is 1. The first-order valence-corrected chi connectivity index (χ1v) is 8.40. The Labute approximate surface area is 137 Å². The average molecular weight is 325 g/mol. The van der Waals surface area contributed by atoms with E-state index in [1.165, 1.54) is 0 Å². The molecule has 2 atom stereocenters. The molecule has 0 heterocycles. The number of halogens is 1. The molecule has 2 N–H and O–H groups in total. The van der Waals surface area contributed by atoms with Gasteiger partial charge in [0.1, 0.15) is 0 Å². The van der Waals surface area contributed by atoms with Crippen LogP contribution in [-0.4, -0.2) is 24.8 Å². The van der Waals surface area contributed by atoms with Crippen LogP contribution in [0, 0.1) is 6.92 Å². The van der Waals surface area contributed by atoms with E-state index in [-0.39, 0.29) is 18.2 Å². The first-order valence-electron chi connectivity index (χ1n) is 8.02. The zero-order chi connectivity index (χ0) is 16.1. The van der Waals surface area contributed by atoms with Crippen LogP contribution in [0.25, 0.3) is 0 Å². The lowest BCUT2D eigenvalue weighted by molar-refractivity contribution is 0.155. The molecular weight excluding hydrogens is 300 g/mol. The average Bonchev–Trinajstić information content (AvgIpc) is 2.69. The fraction of sp³-hybridized carbons (Fsp3) is 0.588. The molecule has 2 rings (SSSR count). The highest BCUT2D eigenvalue weighted by molar-refractivity contribution is 6.31. The van der Waals surface area contributed by atoms with Gasteiger partial charge in [-0.25, -0.2) is 4.79 Å². The number of nitrogens with two attached hydrogens (primary N) is 1. The Morgan fingerprint density at radius 1 is 1.36 bits per heavy atom. The molecule has 0 aromatic heterocycles. The largest absolute Gasteiger partial charge is 0.449 e. The summed E-state index contributed by atoms with van der Waals surface area (Å²) in [5.74, 6) is 0. The maximum atomic E-state index is 12.5. The van der Waals surface area contributed by atoms with E-state index in [9.17, 15) is 4.79 Å². The quantitative estimate of drug-likeness (QED) is 0.845. The minimum Gasteiger partial charge on any atom is -0.449 e. The Morgan fingerprint density at radius 3 is 2.77 bits per heavy atom. The summed E-state index contributed by atoms with van der Waals surface area (Å²) in [5, 5.41) is 0.647. The Kier molecular flexibility index (Phi) is 6.09. The van der Waals surface area contributed by atoms with Gasteiger partial charge in [-0.05, 0) is 44.4 Å². The molecule has 1 aliphatic carbocycles. The van der Waals surface area contributed by atoms with Crippen LogP contribution in [0.15, 0.2) is 18.2 Å². The minimum absolute atomic E-state index is 0.0352. The molecule has 0 saturated heterocycles. The summed E-state index contributed by atoms with van der Waals surface area (Å²) in [7, 11) is 0. The molecule has 1 aromatic rings. The molecule has 0 radical (unpaired) electrons. The van der Waals surface area contributed by atoms with Crippen molar-refractivity contribution in [3.8, 4) is 0 Å². The number of hydrogen-bond donors (Lipinski definition) is 1. The molecule has 4 nitrogen and oxygen atoms in total. The standard InChI is InChI=1S/C17H25ClN2O2/c1-3-22-17(21)20(13-10-9-12(2)14(18)11-13)16-8-6-4-5-7-15(16)19/h9-11,15-16H,3-8,19H2,1-2H3. The van der Waals surface area contributed by atoms with Crippen LogP contribution >= 0.6 is 11.6 Å². The van der Waals surface area contributed by atoms with Crippen molar-refractivity contribution in [1.29, 1.82) is 0 Å². The maximum Gasteiger partial charge on any atom is 0.414 e. The fourth-order valence-electron chi connectivity index (χ4n) is 2.99. The molecule has 22 heavy (non-hydrogen) atoms. The molecule has 1 saturated carbocycles. The lowest BCUT2D eigenvalue weighted by Crippen LogP contribution is -2.50. The van der Waals surface area contributed by atoms with E-state index in [2.05, 4.69) is 0 Å². The lowest BCUT2D eigenvalue weighted by atomic mass is 10.0. The first kappa shape index (κ1) is 17.1. The Morgan fingerprint density at radius 2 is 2.09 bits per heavy atom. The first-order chi connectivity index (χ1) is 10.5. The van der Waals surface area contributed by atoms with Crippen LogP contribution in [0.3, 0.4) is 0 Å². The molecule has 1 amide bonds. The number of ether oxygens (including phenoxy) is 1. The summed E-state index contributed by atoms with van der Waals surface area (Å²) in [6, 6.07) is 5.58. The zero-order valence-electron chi connectivity index (χ0n) is 13.3. The van der Waals surface area contributed by atoms with Crippen LogP contribution < -0.4 is 10.6 Å². The number of rotatable bonds is 3. The highest BCUT2D eigenvalue weighted by atomic mass is 35.5. The Hall–Kier alpha value is -1.26. The molecule has 122 valence electrons. The monoisotopic (exact) mass is 324 g/mol. The summed E-state index contributed by atoms with van der Waals surface area (Å²) < 4.78 is 5.26. The topological polar surface area (TPSA) is 55.6 Å². The third-order valence-corrected chi connectivity index (χ3v) is 4.67. The van der Waals surface area contributed by atoms with Gasteiger partial charge in [0.25, 0.3) is 0 Å². The summed E-state index contributed by atoms with van der Waals surface area (Å²) in [6.07, 6.45) is 4.84. The van der Waals surface area contributed by atoms with Crippen LogP contribution in [-0.2, 0) is 4.74 Å². The smallest absolute Gasteiger partial charge is 0.414 e. The fourth-order valence-corrected chi connectivity index (χ4v) is 3.17. The van der Waals surface area contributed by atoms with Crippen molar-refractivity contribution in [3.63, 3.8) is 0 Å². The van der Waals surface area contributed by atoms with Gasteiger partial charge in [-0.15, -0.1) is 0 Å². The summed E-state index contributed by atoms with van der Waals surface area (Å²) in [6.45, 7) is 4.10. The highest BCUT2D eigenvalue weighted by Crippen LogP contribution is 2.30. The predicted molar refractivity (Wildman–Crippen MR) is 90.5 cm³/mol. The van der Waals surface area contributed by atoms with Crippen LogP contribution in [0.5, 0.6) is 0 Å². The van der Waals surface area contributed by atoms with Gasteiger partial charge in [0.2, 0.25) is 0 Å². The predicted octanol–water partition coefficient (Wildman–Crippen LogP) is 4.27. The summed E-state index contributed by atoms with van der Waals surface area (Å²) >= 11 is 6.24. The van der Waals surface area contributed by atoms with E-state index in [0.29, 0.717) is 11.6 Å². The number of aryl methyl sites for hydroxylation is 1. The Bertz CT molecular complexity index is 521. The maximum absolute atomic E-state index is 12.5. The second-order valence-electron chi connectivity index (χ2n) is 5.87. The van der Waals surface area contributed by atoms with E-state index in [1.54, 1.807) is 4.90 Å². The second kappa shape index (κ2) is 7.84. The third-order valence-electron chi connectivity index (χ3n) is 4.26. The van der Waals surface area contributed by atoms with Gasteiger partial charge in [0.15, 0.2) is 0 Å². The second-order valence-corrected chi connectivity index (χ2v) is 6.28. The molecule has 1 aromatic carbocycles. The van der Waals surface area contributed by atoms with Gasteiger partial charge in [0, 0.05) is 16.8 Å². The van der Waals surface area contributed by atoms with Gasteiger partial charge >= 0.3 is 6.09 Å². The van der Waals surface area contributed by atoms with E-state index in [1.807, 2.05) is 32.0 Å². The van der Waals surface area contributed by atoms with Crippen molar-refractivity contribution in [1.82, 2.24) is 0 Å². The van der Waals surface area contributed by atoms with Crippen molar-refractivity contribution in [3.05, 3.63) is 28.8 Å². The molecule has 1 fully saturated rings. The molecule has 1 aliphatic rings. The van der Waals surface area contributed by atoms with Crippen LogP contribution in [0.1, 0.15) is 44.6 Å². The van der Waals surface area contributed by atoms with Gasteiger partial charge < -0.3 is 10.5 Å². The Balaban J connectivity index is 2.36. The molecule has 2 unspecified atom stereocenters. The zero-order valence-corrected chi connectivity index (χ0v) is 14.1. The van der Waals surface area contributed by atoms with Gasteiger partial charge in [0.05, 0.1) is 12.6 Å². The van der Waals surface area contributed by atoms with Crippen molar-refractivity contribution in [2.24, 2.45) is 5.73 Å². The molecular formula is C17H25ClN2O2. The van der Waals surface area contributed by atoms with Crippen molar-refractivity contribution in [2.45, 2.75) is 58.0 Å². The van der Waals surface area contributed by atoms with E-state index in [0.717, 1.165) is 43.4 Å². The van der Waals surface area contributed by atoms with Crippen LogP contribution in [0.4, 0.5) is 10.5 Å². The lowest BCUT2D eigenvalue weighted by Gasteiger charge is -2.34. The number of anilines is 1. The summed E-state index contributed by atoms with van der Waals surface area (Å²) in [5.41, 5.74) is 8.08. The van der Waals surface area contributed by atoms with Crippen molar-refractivity contribution < 1.29 is 9.53 Å². The molecule has 0 bridgehead atoms. The van der Waals surface area contributed by atoms with Crippen molar-refractivity contribution in [2.75, 3.05) is 11.5 Å². The minimum atomic E-state index is -0.343. The molecule has 0 spiro atoms. The van der Waals surface area contributed by atoms with Gasteiger partial charge in [-0.3, -0.25) is 4.90 Å². The SMILES string of the molecule is CCOC(=O)N(c1ccc(C)c(Cl)c1)C1CCCCCC1N. The summed E-state index contributed by atoms with van der Waals surface area (Å²) in [4.78, 5) is 14.2. The van der Waals surface area contributed by atoms with E-state index >= 15 is 0 Å². The van der Waals surface area contributed by atoms with Gasteiger partial charge in [-0.1, -0.05) is 36.9 Å². The number of carbonyl (C=O) groups is 1.